The van der Waals surface area contributed by atoms with Crippen molar-refractivity contribution >= 4 is 16.1 Å². The van der Waals surface area contributed by atoms with Crippen molar-refractivity contribution in [2.75, 3.05) is 13.1 Å². The van der Waals surface area contributed by atoms with E-state index in [4.69, 9.17) is 5.11 Å². The first-order valence-electron chi connectivity index (χ1n) is 8.30. The summed E-state index contributed by atoms with van der Waals surface area (Å²) in [7, 11) is -4.32. The van der Waals surface area contributed by atoms with Crippen molar-refractivity contribution in [1.82, 2.24) is 9.21 Å². The molecule has 0 unspecified atom stereocenters. The molecule has 0 spiro atoms. The van der Waals surface area contributed by atoms with Crippen molar-refractivity contribution in [3.63, 3.8) is 0 Å². The minimum Gasteiger partial charge on any atom is -0.465 e. The van der Waals surface area contributed by atoms with E-state index in [1.807, 2.05) is 0 Å². The molecule has 1 amide bonds. The maximum absolute atomic E-state index is 13.3. The average molecular weight is 390 g/mol. The summed E-state index contributed by atoms with van der Waals surface area (Å²) in [5.41, 5.74) is -1.16. The van der Waals surface area contributed by atoms with Gasteiger partial charge in [-0.3, -0.25) is 0 Å². The average Bonchev–Trinajstić information content (AvgIpc) is 3.24. The van der Waals surface area contributed by atoms with E-state index in [1.165, 1.54) is 21.3 Å². The molecule has 4 atom stereocenters. The van der Waals surface area contributed by atoms with Gasteiger partial charge in [-0.25, -0.2) is 13.2 Å². The molecule has 4 rings (SSSR count). The predicted molar refractivity (Wildman–Crippen MR) is 83.9 cm³/mol. The van der Waals surface area contributed by atoms with Crippen LogP contribution in [0.25, 0.3) is 0 Å². The van der Waals surface area contributed by atoms with Crippen LogP contribution in [0.1, 0.15) is 18.4 Å². The Morgan fingerprint density at radius 2 is 1.62 bits per heavy atom. The van der Waals surface area contributed by atoms with Gasteiger partial charge in [0.15, 0.2) is 0 Å². The normalized spacial score (nSPS) is 31.4. The molecule has 1 N–H and O–H groups in total. The van der Waals surface area contributed by atoms with Crippen LogP contribution in [0.15, 0.2) is 29.2 Å². The summed E-state index contributed by atoms with van der Waals surface area (Å²) in [6, 6.07) is 3.33. The zero-order valence-electron chi connectivity index (χ0n) is 13.6. The van der Waals surface area contributed by atoms with Crippen molar-refractivity contribution in [2.24, 2.45) is 11.8 Å². The van der Waals surface area contributed by atoms with Gasteiger partial charge in [0.05, 0.1) is 10.5 Å². The summed E-state index contributed by atoms with van der Waals surface area (Å²) in [5, 5.41) is 9.16. The molecule has 3 aliphatic rings. The highest BCUT2D eigenvalue weighted by atomic mass is 32.2. The SMILES string of the molecule is O=C(O)N1C[C@@H]2[C@H](C1)[C@@H]1CC[C@H]2N1S(=O)(=O)c1ccccc1C(F)(F)F. The summed E-state index contributed by atoms with van der Waals surface area (Å²) in [6.07, 6.45) is -4.71. The highest BCUT2D eigenvalue weighted by molar-refractivity contribution is 7.89. The number of benzene rings is 1. The van der Waals surface area contributed by atoms with Crippen molar-refractivity contribution in [3.8, 4) is 0 Å². The number of sulfonamides is 1. The molecule has 0 radical (unpaired) electrons. The second-order valence-electron chi connectivity index (χ2n) is 7.06. The van der Waals surface area contributed by atoms with Gasteiger partial charge in [-0.15, -0.1) is 0 Å². The second kappa shape index (κ2) is 5.59. The fourth-order valence-corrected chi connectivity index (χ4v) is 7.04. The molecular weight excluding hydrogens is 373 g/mol. The lowest BCUT2D eigenvalue weighted by Gasteiger charge is -2.27. The zero-order chi connectivity index (χ0) is 18.9. The Kier molecular flexibility index (Phi) is 3.78. The van der Waals surface area contributed by atoms with Gasteiger partial charge in [-0.05, 0) is 36.8 Å². The summed E-state index contributed by atoms with van der Waals surface area (Å²) in [6.45, 7) is 0.461. The van der Waals surface area contributed by atoms with Crippen LogP contribution in [-0.2, 0) is 16.2 Å². The molecule has 0 aliphatic carbocycles. The Balaban J connectivity index is 1.71. The number of rotatable bonds is 2. The first-order chi connectivity index (χ1) is 12.1. The topological polar surface area (TPSA) is 77.9 Å². The fourth-order valence-electron chi connectivity index (χ4n) is 4.87. The zero-order valence-corrected chi connectivity index (χ0v) is 14.4. The third-order valence-electron chi connectivity index (χ3n) is 5.83. The number of likely N-dealkylation sites (tertiary alicyclic amines) is 1. The number of fused-ring (bicyclic) bond motifs is 5. The molecule has 3 saturated heterocycles. The minimum atomic E-state index is -4.77. The standard InChI is InChI=1S/C16H17F3N2O4S/c17-16(18,19)11-3-1-2-4-14(11)26(24,25)21-12-5-6-13(21)10-8-20(15(22)23)7-9(10)12/h1-4,9-10,12-13H,5-8H2,(H,22,23)/t9-,10+,12-,13+. The number of alkyl halides is 3. The lowest BCUT2D eigenvalue weighted by Crippen LogP contribution is -2.41. The van der Waals surface area contributed by atoms with Crippen LogP contribution >= 0.6 is 0 Å². The quantitative estimate of drug-likeness (QED) is 0.842. The monoisotopic (exact) mass is 390 g/mol. The van der Waals surface area contributed by atoms with E-state index in [-0.39, 0.29) is 24.9 Å². The Morgan fingerprint density at radius 1 is 1.08 bits per heavy atom. The van der Waals surface area contributed by atoms with E-state index >= 15 is 0 Å². The minimum absolute atomic E-state index is 0.155. The van der Waals surface area contributed by atoms with E-state index in [1.54, 1.807) is 0 Å². The Morgan fingerprint density at radius 3 is 2.12 bits per heavy atom. The van der Waals surface area contributed by atoms with Crippen LogP contribution in [0.5, 0.6) is 0 Å². The molecule has 3 fully saturated rings. The van der Waals surface area contributed by atoms with Gasteiger partial charge >= 0.3 is 12.3 Å². The molecular formula is C16H17F3N2O4S. The maximum atomic E-state index is 13.3. The number of nitrogens with zero attached hydrogens (tertiary/aromatic N) is 2. The Bertz CT molecular complexity index is 837. The van der Waals surface area contributed by atoms with Crippen LogP contribution in [-0.4, -0.2) is 54.0 Å². The number of amides is 1. The number of hydrogen-bond acceptors (Lipinski definition) is 3. The molecule has 142 valence electrons. The third-order valence-corrected chi connectivity index (χ3v) is 7.84. The van der Waals surface area contributed by atoms with Gasteiger partial charge in [-0.1, -0.05) is 12.1 Å². The largest absolute Gasteiger partial charge is 0.465 e. The van der Waals surface area contributed by atoms with Gasteiger partial charge < -0.3 is 10.0 Å². The summed E-state index contributed by atoms with van der Waals surface area (Å²) in [4.78, 5) is 11.7. The molecule has 0 aromatic heterocycles. The molecule has 26 heavy (non-hydrogen) atoms. The molecule has 10 heteroatoms. The highest BCUT2D eigenvalue weighted by Gasteiger charge is 2.61. The highest BCUT2D eigenvalue weighted by Crippen LogP contribution is 2.52. The lowest BCUT2D eigenvalue weighted by molar-refractivity contribution is -0.139. The number of carboxylic acid groups (broad SMARTS) is 1. The van der Waals surface area contributed by atoms with E-state index < -0.39 is 44.8 Å². The van der Waals surface area contributed by atoms with Crippen LogP contribution in [0.4, 0.5) is 18.0 Å². The maximum Gasteiger partial charge on any atom is 0.417 e. The van der Waals surface area contributed by atoms with Crippen molar-refractivity contribution in [2.45, 2.75) is 36.0 Å². The second-order valence-corrected chi connectivity index (χ2v) is 8.87. The molecule has 1 aromatic carbocycles. The molecule has 3 heterocycles. The van der Waals surface area contributed by atoms with Gasteiger partial charge in [0, 0.05) is 25.2 Å². The summed E-state index contributed by atoms with van der Waals surface area (Å²) < 4.78 is 67.3. The molecule has 0 saturated carbocycles. The van der Waals surface area contributed by atoms with E-state index in [2.05, 4.69) is 0 Å². The lowest BCUT2D eigenvalue weighted by atomic mass is 9.82. The Hall–Kier alpha value is -1.81. The van der Waals surface area contributed by atoms with Crippen LogP contribution < -0.4 is 0 Å². The van der Waals surface area contributed by atoms with Crippen molar-refractivity contribution < 1.29 is 31.5 Å². The molecule has 1 aromatic rings. The summed E-state index contributed by atoms with van der Waals surface area (Å²) >= 11 is 0. The molecule has 6 nitrogen and oxygen atoms in total. The predicted octanol–water partition coefficient (Wildman–Crippen LogP) is 2.47. The number of carbonyl (C=O) groups is 1. The van der Waals surface area contributed by atoms with Crippen LogP contribution in [0.3, 0.4) is 0 Å². The van der Waals surface area contributed by atoms with Gasteiger partial charge in [0.25, 0.3) is 0 Å². The van der Waals surface area contributed by atoms with E-state index in [9.17, 15) is 26.4 Å². The van der Waals surface area contributed by atoms with Crippen LogP contribution in [0, 0.1) is 11.8 Å². The number of halogens is 3. The number of hydrogen-bond donors (Lipinski definition) is 1. The summed E-state index contributed by atoms with van der Waals surface area (Å²) in [5.74, 6) is -0.310. The molecule has 2 bridgehead atoms. The molecule has 3 aliphatic heterocycles. The van der Waals surface area contributed by atoms with Gasteiger partial charge in [0.1, 0.15) is 0 Å². The van der Waals surface area contributed by atoms with Crippen LogP contribution in [0.2, 0.25) is 0 Å². The first-order valence-corrected chi connectivity index (χ1v) is 9.74. The van der Waals surface area contributed by atoms with E-state index in [0.29, 0.717) is 12.8 Å². The van der Waals surface area contributed by atoms with Crippen molar-refractivity contribution in [3.05, 3.63) is 29.8 Å². The smallest absolute Gasteiger partial charge is 0.417 e. The fraction of sp³-hybridized carbons (Fsp3) is 0.562. The first kappa shape index (κ1) is 17.6. The van der Waals surface area contributed by atoms with Crippen molar-refractivity contribution in [1.29, 1.82) is 0 Å². The third kappa shape index (κ3) is 2.42. The Labute approximate surface area is 148 Å². The van der Waals surface area contributed by atoms with Gasteiger partial charge in [-0.2, -0.15) is 17.5 Å². The van der Waals surface area contributed by atoms with Gasteiger partial charge in [0.2, 0.25) is 10.0 Å². The van der Waals surface area contributed by atoms with E-state index in [0.717, 1.165) is 12.1 Å².